The van der Waals surface area contributed by atoms with Gasteiger partial charge in [0.15, 0.2) is 11.5 Å². The van der Waals surface area contributed by atoms with E-state index in [1.54, 1.807) is 15.8 Å². The number of carbonyl (C=O) groups excluding carboxylic acids is 1. The minimum Gasteiger partial charge on any atom is -0.378 e. The van der Waals surface area contributed by atoms with Crippen LogP contribution in [0.1, 0.15) is 46.1 Å². The molecule has 0 atom stereocenters. The highest BCUT2D eigenvalue weighted by molar-refractivity contribution is 6.06. The Kier molecular flexibility index (Phi) is 5.89. The van der Waals surface area contributed by atoms with Gasteiger partial charge in [-0.1, -0.05) is 18.2 Å². The topological polar surface area (TPSA) is 76.4 Å². The van der Waals surface area contributed by atoms with Crippen LogP contribution < -0.4 is 4.90 Å². The molecule has 4 aromatic rings. The Morgan fingerprint density at radius 2 is 1.89 bits per heavy atom. The fourth-order valence-electron chi connectivity index (χ4n) is 4.89. The van der Waals surface area contributed by atoms with Gasteiger partial charge in [0.05, 0.1) is 29.9 Å². The number of anilines is 1. The highest BCUT2D eigenvalue weighted by Gasteiger charge is 2.30. The molecule has 1 aliphatic heterocycles. The number of hydrogen-bond donors (Lipinski definition) is 0. The van der Waals surface area contributed by atoms with Crippen molar-refractivity contribution < 1.29 is 9.53 Å². The largest absolute Gasteiger partial charge is 0.378 e. The van der Waals surface area contributed by atoms with Gasteiger partial charge in [0, 0.05) is 50.2 Å². The van der Waals surface area contributed by atoms with Crippen LogP contribution in [0, 0.1) is 6.92 Å². The van der Waals surface area contributed by atoms with E-state index in [9.17, 15) is 4.79 Å². The van der Waals surface area contributed by atoms with E-state index in [1.807, 2.05) is 38.2 Å². The summed E-state index contributed by atoms with van der Waals surface area (Å²) < 4.78 is 7.22. The van der Waals surface area contributed by atoms with Crippen LogP contribution >= 0.6 is 0 Å². The zero-order chi connectivity index (χ0) is 24.6. The SMILES string of the molecule is Cc1nn(-c2ccccn2)c2nc(C3CC3)cc(C(=O)N(C)Cc3ccc(N4CCOCC4)cc3)c12. The third-order valence-corrected chi connectivity index (χ3v) is 7.00. The highest BCUT2D eigenvalue weighted by Crippen LogP contribution is 2.41. The van der Waals surface area contributed by atoms with Gasteiger partial charge < -0.3 is 14.5 Å². The second kappa shape index (κ2) is 9.35. The zero-order valence-corrected chi connectivity index (χ0v) is 20.7. The van der Waals surface area contributed by atoms with E-state index in [4.69, 9.17) is 14.8 Å². The molecule has 3 aromatic heterocycles. The summed E-state index contributed by atoms with van der Waals surface area (Å²) in [6.07, 6.45) is 3.95. The molecular weight excluding hydrogens is 452 g/mol. The number of carbonyl (C=O) groups is 1. The van der Waals surface area contributed by atoms with Gasteiger partial charge in [0.1, 0.15) is 0 Å². The number of aryl methyl sites for hydroxylation is 1. The summed E-state index contributed by atoms with van der Waals surface area (Å²) in [5.41, 5.74) is 5.38. The molecule has 6 rings (SSSR count). The normalized spacial score (nSPS) is 15.9. The molecule has 1 aromatic carbocycles. The second-order valence-corrected chi connectivity index (χ2v) is 9.68. The Hall–Kier alpha value is -3.78. The quantitative estimate of drug-likeness (QED) is 0.412. The molecule has 2 aliphatic rings. The van der Waals surface area contributed by atoms with Gasteiger partial charge in [-0.25, -0.2) is 9.97 Å². The number of ether oxygens (including phenoxy) is 1. The molecule has 2 fully saturated rings. The van der Waals surface area contributed by atoms with Crippen molar-refractivity contribution in [3.63, 3.8) is 0 Å². The van der Waals surface area contributed by atoms with E-state index >= 15 is 0 Å². The van der Waals surface area contributed by atoms with Crippen LogP contribution in [-0.2, 0) is 11.3 Å². The van der Waals surface area contributed by atoms with E-state index in [2.05, 4.69) is 34.1 Å². The fraction of sp³-hybridized carbons (Fsp3) is 0.357. The van der Waals surface area contributed by atoms with Crippen LogP contribution in [-0.4, -0.2) is 63.9 Å². The Morgan fingerprint density at radius 3 is 2.58 bits per heavy atom. The van der Waals surface area contributed by atoms with Crippen LogP contribution in [0.15, 0.2) is 54.7 Å². The van der Waals surface area contributed by atoms with Crippen LogP contribution in [0.25, 0.3) is 16.9 Å². The number of nitrogens with zero attached hydrogens (tertiary/aromatic N) is 6. The third kappa shape index (κ3) is 4.33. The van der Waals surface area contributed by atoms with E-state index in [0.717, 1.165) is 61.5 Å². The van der Waals surface area contributed by atoms with E-state index in [0.29, 0.717) is 29.5 Å². The number of fused-ring (bicyclic) bond motifs is 1. The smallest absolute Gasteiger partial charge is 0.254 e. The molecule has 36 heavy (non-hydrogen) atoms. The maximum atomic E-state index is 13.8. The van der Waals surface area contributed by atoms with Crippen molar-refractivity contribution in [2.45, 2.75) is 32.2 Å². The Balaban J connectivity index is 1.30. The van der Waals surface area contributed by atoms with Crippen molar-refractivity contribution in [2.24, 2.45) is 0 Å². The highest BCUT2D eigenvalue weighted by atomic mass is 16.5. The van der Waals surface area contributed by atoms with Gasteiger partial charge in [0.25, 0.3) is 5.91 Å². The summed E-state index contributed by atoms with van der Waals surface area (Å²) in [6, 6.07) is 16.2. The lowest BCUT2D eigenvalue weighted by atomic mass is 10.1. The molecular formula is C28H30N6O2. The Morgan fingerprint density at radius 1 is 1.11 bits per heavy atom. The molecule has 8 heteroatoms. The number of morpholine rings is 1. The van der Waals surface area contributed by atoms with Gasteiger partial charge in [-0.3, -0.25) is 4.79 Å². The van der Waals surface area contributed by atoms with Crippen LogP contribution in [0.5, 0.6) is 0 Å². The van der Waals surface area contributed by atoms with E-state index < -0.39 is 0 Å². The summed E-state index contributed by atoms with van der Waals surface area (Å²) in [4.78, 5) is 27.3. The summed E-state index contributed by atoms with van der Waals surface area (Å²) in [6.45, 7) is 5.80. The Bertz CT molecular complexity index is 1390. The maximum absolute atomic E-state index is 13.8. The molecule has 8 nitrogen and oxygen atoms in total. The van der Waals surface area contributed by atoms with Crippen molar-refractivity contribution in [3.8, 4) is 5.82 Å². The van der Waals surface area contributed by atoms with Crippen LogP contribution in [0.2, 0.25) is 0 Å². The standard InChI is InChI=1S/C28H30N6O2/c1-19-26-23(17-24(21-8-9-21)30-27(26)34(31-19)25-5-3-4-12-29-25)28(35)32(2)18-20-6-10-22(11-7-20)33-13-15-36-16-14-33/h3-7,10-12,17,21H,8-9,13-16,18H2,1-2H3. The van der Waals surface area contributed by atoms with Crippen LogP contribution in [0.4, 0.5) is 5.69 Å². The lowest BCUT2D eigenvalue weighted by Gasteiger charge is -2.29. The zero-order valence-electron chi connectivity index (χ0n) is 20.7. The van der Waals surface area contributed by atoms with Gasteiger partial charge >= 0.3 is 0 Å². The maximum Gasteiger partial charge on any atom is 0.254 e. The lowest BCUT2D eigenvalue weighted by Crippen LogP contribution is -2.36. The molecule has 4 heterocycles. The molecule has 0 radical (unpaired) electrons. The summed E-state index contributed by atoms with van der Waals surface area (Å²) in [5.74, 6) is 1.08. The second-order valence-electron chi connectivity index (χ2n) is 9.68. The van der Waals surface area contributed by atoms with E-state index in [1.165, 1.54) is 5.69 Å². The average Bonchev–Trinajstić information content (AvgIpc) is 3.72. The third-order valence-electron chi connectivity index (χ3n) is 7.00. The minimum absolute atomic E-state index is 0.0229. The number of benzene rings is 1. The number of pyridine rings is 2. The molecule has 184 valence electrons. The first-order valence-corrected chi connectivity index (χ1v) is 12.6. The van der Waals surface area contributed by atoms with Crippen molar-refractivity contribution in [3.05, 3.63) is 77.2 Å². The average molecular weight is 483 g/mol. The molecule has 0 N–H and O–H groups in total. The van der Waals surface area contributed by atoms with E-state index in [-0.39, 0.29) is 5.91 Å². The van der Waals surface area contributed by atoms with Crippen LogP contribution in [0.3, 0.4) is 0 Å². The van der Waals surface area contributed by atoms with Crippen molar-refractivity contribution >= 4 is 22.6 Å². The molecule has 1 saturated carbocycles. The van der Waals surface area contributed by atoms with Gasteiger partial charge in [-0.15, -0.1) is 0 Å². The summed E-state index contributed by atoms with van der Waals surface area (Å²) >= 11 is 0. The first kappa shape index (κ1) is 22.7. The first-order valence-electron chi connectivity index (χ1n) is 12.6. The lowest BCUT2D eigenvalue weighted by molar-refractivity contribution is 0.0786. The molecule has 0 spiro atoms. The number of hydrogen-bond acceptors (Lipinski definition) is 6. The van der Waals surface area contributed by atoms with Crippen molar-refractivity contribution in [1.82, 2.24) is 24.6 Å². The predicted octanol–water partition coefficient (Wildman–Crippen LogP) is 4.11. The predicted molar refractivity (Wildman–Crippen MR) is 139 cm³/mol. The number of amides is 1. The monoisotopic (exact) mass is 482 g/mol. The van der Waals surface area contributed by atoms with Crippen molar-refractivity contribution in [1.29, 1.82) is 0 Å². The molecule has 0 unspecified atom stereocenters. The fourth-order valence-corrected chi connectivity index (χ4v) is 4.89. The molecule has 1 amide bonds. The van der Waals surface area contributed by atoms with Crippen molar-refractivity contribution in [2.75, 3.05) is 38.3 Å². The number of aromatic nitrogens is 4. The molecule has 1 saturated heterocycles. The summed E-state index contributed by atoms with van der Waals surface area (Å²) in [5, 5.41) is 5.52. The Labute approximate surface area is 210 Å². The molecule has 1 aliphatic carbocycles. The van der Waals surface area contributed by atoms with Gasteiger partial charge in [-0.05, 0) is 55.7 Å². The van der Waals surface area contributed by atoms with Gasteiger partial charge in [0.2, 0.25) is 0 Å². The van der Waals surface area contributed by atoms with Gasteiger partial charge in [-0.2, -0.15) is 9.78 Å². The minimum atomic E-state index is -0.0229. The molecule has 0 bridgehead atoms. The number of rotatable bonds is 6. The first-order chi connectivity index (χ1) is 17.6. The summed E-state index contributed by atoms with van der Waals surface area (Å²) in [7, 11) is 1.86.